The fourth-order valence-electron chi connectivity index (χ4n) is 1.32. The number of nitrogens with zero attached hydrogens (tertiary/aromatic N) is 1. The minimum absolute atomic E-state index is 0.0166. The molecule has 0 saturated heterocycles. The van der Waals surface area contributed by atoms with Gasteiger partial charge in [0.2, 0.25) is 0 Å². The number of benzene rings is 1. The molecule has 0 aromatic heterocycles. The van der Waals surface area contributed by atoms with Crippen molar-refractivity contribution in [2.45, 2.75) is 6.61 Å². The van der Waals surface area contributed by atoms with Crippen molar-refractivity contribution in [3.8, 4) is 0 Å². The van der Waals surface area contributed by atoms with Crippen LogP contribution in [-0.4, -0.2) is 10.9 Å². The molecule has 0 atom stereocenters. The summed E-state index contributed by atoms with van der Waals surface area (Å²) in [6.07, 6.45) is 0. The summed E-state index contributed by atoms with van der Waals surface area (Å²) in [6, 6.07) is 1.14. The molecule has 5 nitrogen and oxygen atoms in total. The van der Waals surface area contributed by atoms with Crippen LogP contribution in [0.1, 0.15) is 15.9 Å². The Hall–Kier alpha value is -1.14. The molecule has 0 spiro atoms. The van der Waals surface area contributed by atoms with E-state index in [4.69, 9.17) is 16.3 Å². The van der Waals surface area contributed by atoms with Crippen molar-refractivity contribution in [1.29, 1.82) is 0 Å². The van der Waals surface area contributed by atoms with E-state index in [1.165, 1.54) is 0 Å². The number of nitro groups is 1. The highest BCUT2D eigenvalue weighted by Crippen LogP contribution is 2.39. The van der Waals surface area contributed by atoms with Crippen LogP contribution in [0.5, 0.6) is 0 Å². The second kappa shape index (κ2) is 3.46. The van der Waals surface area contributed by atoms with Crippen molar-refractivity contribution >= 4 is 39.2 Å². The van der Waals surface area contributed by atoms with Crippen LogP contribution in [0.25, 0.3) is 0 Å². The topological polar surface area (TPSA) is 69.4 Å². The van der Waals surface area contributed by atoms with Crippen molar-refractivity contribution in [2.75, 3.05) is 0 Å². The molecule has 15 heavy (non-hydrogen) atoms. The quantitative estimate of drug-likeness (QED) is 0.453. The molecule has 0 unspecified atom stereocenters. The predicted molar refractivity (Wildman–Crippen MR) is 54.9 cm³/mol. The standard InChI is InChI=1S/C8H3BrClNO4/c9-6-4-2-15-8(12)3(4)1-5(7(6)10)11(13)14/h1H,2H2. The molecule has 1 aliphatic heterocycles. The Morgan fingerprint density at radius 1 is 1.60 bits per heavy atom. The van der Waals surface area contributed by atoms with E-state index in [1.54, 1.807) is 0 Å². The molecule has 1 aromatic rings. The zero-order chi connectivity index (χ0) is 11.2. The number of esters is 1. The Bertz CT molecular complexity index is 487. The smallest absolute Gasteiger partial charge is 0.339 e. The lowest BCUT2D eigenvalue weighted by Gasteiger charge is -2.02. The van der Waals surface area contributed by atoms with Crippen molar-refractivity contribution < 1.29 is 14.5 Å². The number of hydrogen-bond acceptors (Lipinski definition) is 4. The first-order chi connectivity index (χ1) is 7.02. The Morgan fingerprint density at radius 2 is 2.27 bits per heavy atom. The molecule has 78 valence electrons. The maximum Gasteiger partial charge on any atom is 0.339 e. The summed E-state index contributed by atoms with van der Waals surface area (Å²) in [5.41, 5.74) is 0.440. The van der Waals surface area contributed by atoms with E-state index >= 15 is 0 Å². The third kappa shape index (κ3) is 1.49. The highest BCUT2D eigenvalue weighted by molar-refractivity contribution is 9.10. The van der Waals surface area contributed by atoms with Crippen LogP contribution >= 0.6 is 27.5 Å². The molecule has 7 heteroatoms. The van der Waals surface area contributed by atoms with Gasteiger partial charge in [-0.15, -0.1) is 0 Å². The summed E-state index contributed by atoms with van der Waals surface area (Å²) < 4.78 is 5.09. The van der Waals surface area contributed by atoms with E-state index in [9.17, 15) is 14.9 Å². The summed E-state index contributed by atoms with van der Waals surface area (Å²) in [5, 5.41) is 10.6. The number of cyclic esters (lactones) is 1. The van der Waals surface area contributed by atoms with Crippen LogP contribution in [0.4, 0.5) is 5.69 Å². The van der Waals surface area contributed by atoms with Gasteiger partial charge >= 0.3 is 5.97 Å². The zero-order valence-electron chi connectivity index (χ0n) is 7.12. The molecule has 0 N–H and O–H groups in total. The Balaban J connectivity index is 2.74. The second-order valence-corrected chi connectivity index (χ2v) is 4.05. The van der Waals surface area contributed by atoms with E-state index in [-0.39, 0.29) is 22.9 Å². The lowest BCUT2D eigenvalue weighted by atomic mass is 10.1. The number of carbonyl (C=O) groups excluding carboxylic acids is 1. The minimum atomic E-state index is -0.640. The third-order valence-corrected chi connectivity index (χ3v) is 3.54. The molecule has 0 bridgehead atoms. The van der Waals surface area contributed by atoms with Gasteiger partial charge in [0.25, 0.3) is 5.69 Å². The molecule has 0 fully saturated rings. The first-order valence-corrected chi connectivity index (χ1v) is 5.02. The van der Waals surface area contributed by atoms with E-state index in [0.717, 1.165) is 6.07 Å². The van der Waals surface area contributed by atoms with Gasteiger partial charge in [0, 0.05) is 11.6 Å². The monoisotopic (exact) mass is 291 g/mol. The Kier molecular flexibility index (Phi) is 2.40. The highest BCUT2D eigenvalue weighted by Gasteiger charge is 2.30. The van der Waals surface area contributed by atoms with E-state index in [2.05, 4.69) is 15.9 Å². The second-order valence-electron chi connectivity index (χ2n) is 2.88. The van der Waals surface area contributed by atoms with Crippen molar-refractivity contribution in [3.63, 3.8) is 0 Å². The Labute approximate surface area is 97.3 Å². The van der Waals surface area contributed by atoms with Gasteiger partial charge in [0.1, 0.15) is 11.6 Å². The maximum atomic E-state index is 11.2. The van der Waals surface area contributed by atoms with Crippen LogP contribution in [0.15, 0.2) is 10.5 Å². The molecule has 0 amide bonds. The molecule has 0 radical (unpaired) electrons. The molecule has 1 aliphatic rings. The summed E-state index contributed by atoms with van der Waals surface area (Å²) >= 11 is 8.87. The average molecular weight is 292 g/mol. The summed E-state index contributed by atoms with van der Waals surface area (Å²) in [5.74, 6) is -0.564. The molecule has 1 aromatic carbocycles. The van der Waals surface area contributed by atoms with Gasteiger partial charge in [0.05, 0.1) is 15.0 Å². The molecule has 0 aliphatic carbocycles. The third-order valence-electron chi connectivity index (χ3n) is 2.05. The lowest BCUT2D eigenvalue weighted by Crippen LogP contribution is -1.97. The number of halogens is 2. The molecule has 0 saturated carbocycles. The largest absolute Gasteiger partial charge is 0.457 e. The number of carbonyl (C=O) groups is 1. The lowest BCUT2D eigenvalue weighted by molar-refractivity contribution is -0.384. The van der Waals surface area contributed by atoms with Gasteiger partial charge in [0.15, 0.2) is 0 Å². The fraction of sp³-hybridized carbons (Fsp3) is 0.125. The van der Waals surface area contributed by atoms with Crippen LogP contribution < -0.4 is 0 Å². The fourth-order valence-corrected chi connectivity index (χ4v) is 2.09. The number of nitro benzene ring substituents is 1. The summed E-state index contributed by atoms with van der Waals surface area (Å²) in [7, 11) is 0. The van der Waals surface area contributed by atoms with Crippen LogP contribution in [0.3, 0.4) is 0 Å². The van der Waals surface area contributed by atoms with Crippen LogP contribution in [-0.2, 0) is 11.3 Å². The van der Waals surface area contributed by atoms with Gasteiger partial charge in [-0.1, -0.05) is 11.6 Å². The molecular weight excluding hydrogens is 289 g/mol. The van der Waals surface area contributed by atoms with E-state index in [1.807, 2.05) is 0 Å². The molecule has 2 rings (SSSR count). The Morgan fingerprint density at radius 3 is 2.87 bits per heavy atom. The van der Waals surface area contributed by atoms with Crippen molar-refractivity contribution in [2.24, 2.45) is 0 Å². The van der Waals surface area contributed by atoms with Crippen LogP contribution in [0, 0.1) is 10.1 Å². The van der Waals surface area contributed by atoms with Gasteiger partial charge in [-0.3, -0.25) is 10.1 Å². The molecule has 1 heterocycles. The van der Waals surface area contributed by atoms with E-state index < -0.39 is 10.9 Å². The van der Waals surface area contributed by atoms with Gasteiger partial charge in [-0.2, -0.15) is 0 Å². The predicted octanol–water partition coefficient (Wildman–Crippen LogP) is 2.68. The van der Waals surface area contributed by atoms with Gasteiger partial charge < -0.3 is 4.74 Å². The van der Waals surface area contributed by atoms with E-state index in [0.29, 0.717) is 10.0 Å². The summed E-state index contributed by atoms with van der Waals surface area (Å²) in [4.78, 5) is 21.2. The maximum absolute atomic E-state index is 11.2. The number of ether oxygens (including phenoxy) is 1. The number of fused-ring (bicyclic) bond motifs is 1. The zero-order valence-corrected chi connectivity index (χ0v) is 9.46. The first kappa shape index (κ1) is 10.4. The normalized spacial score (nSPS) is 13.6. The average Bonchev–Trinajstić information content (AvgIpc) is 2.53. The number of rotatable bonds is 1. The first-order valence-electron chi connectivity index (χ1n) is 3.84. The molecular formula is C8H3BrClNO4. The summed E-state index contributed by atoms with van der Waals surface area (Å²) in [6.45, 7) is 0.0897. The highest BCUT2D eigenvalue weighted by atomic mass is 79.9. The minimum Gasteiger partial charge on any atom is -0.457 e. The van der Waals surface area contributed by atoms with Crippen molar-refractivity contribution in [3.05, 3.63) is 36.8 Å². The van der Waals surface area contributed by atoms with Crippen LogP contribution in [0.2, 0.25) is 5.02 Å². The SMILES string of the molecule is O=C1OCc2c1cc([N+](=O)[O-])c(Cl)c2Br. The number of hydrogen-bond donors (Lipinski definition) is 0. The van der Waals surface area contributed by atoms with Crippen molar-refractivity contribution in [1.82, 2.24) is 0 Å². The van der Waals surface area contributed by atoms with Gasteiger partial charge in [-0.25, -0.2) is 4.79 Å². The van der Waals surface area contributed by atoms with Gasteiger partial charge in [-0.05, 0) is 15.9 Å².